The molecule has 0 spiro atoms. The van der Waals surface area contributed by atoms with E-state index < -0.39 is 10.1 Å². The van der Waals surface area contributed by atoms with Crippen LogP contribution in [-0.4, -0.2) is 24.0 Å². The fourth-order valence-corrected chi connectivity index (χ4v) is 3.20. The minimum atomic E-state index is -4.26. The predicted molar refractivity (Wildman–Crippen MR) is 94.2 cm³/mol. The fourth-order valence-electron chi connectivity index (χ4n) is 2.49. The van der Waals surface area contributed by atoms with E-state index in [9.17, 15) is 18.3 Å². The van der Waals surface area contributed by atoms with Crippen molar-refractivity contribution < 1.29 is 22.9 Å². The number of hydrogen-bond donors (Lipinski definition) is 4. The number of anilines is 2. The molecule has 1 aliphatic rings. The molecule has 8 heteroatoms. The van der Waals surface area contributed by atoms with Gasteiger partial charge in [-0.25, -0.2) is 0 Å². The number of carbonyl (C=O) groups excluding carboxylic acids is 1. The Labute approximate surface area is 143 Å². The number of nitrogens with one attached hydrogen (secondary N) is 1. The van der Waals surface area contributed by atoms with Gasteiger partial charge in [0, 0.05) is 16.3 Å². The standard InChI is InChI=1S/C10H8O4S.C7H6N2O/c11-9-5-1-4-8-7(9)3-2-6-10(8)15(12,13)14;8-5-2-1-4-3-6(5)9-7(4)10/h1-6,11H,(H,12,13,14);1-3H,8H2,(H,9,10). The van der Waals surface area contributed by atoms with E-state index in [-0.39, 0.29) is 16.6 Å². The summed E-state index contributed by atoms with van der Waals surface area (Å²) >= 11 is 0. The Morgan fingerprint density at radius 1 is 0.960 bits per heavy atom. The lowest BCUT2D eigenvalue weighted by Crippen LogP contribution is -2.03. The summed E-state index contributed by atoms with van der Waals surface area (Å²) in [5, 5.41) is 12.8. The molecule has 128 valence electrons. The maximum absolute atomic E-state index is 11.0. The van der Waals surface area contributed by atoms with Gasteiger partial charge in [0.15, 0.2) is 0 Å². The van der Waals surface area contributed by atoms with Gasteiger partial charge in [0.25, 0.3) is 16.0 Å². The molecule has 0 fully saturated rings. The van der Waals surface area contributed by atoms with Gasteiger partial charge in [-0.2, -0.15) is 8.42 Å². The molecule has 0 radical (unpaired) electrons. The highest BCUT2D eigenvalue weighted by Gasteiger charge is 2.16. The van der Waals surface area contributed by atoms with Crippen molar-refractivity contribution in [1.82, 2.24) is 0 Å². The second kappa shape index (κ2) is 6.08. The van der Waals surface area contributed by atoms with Crippen molar-refractivity contribution in [3.63, 3.8) is 0 Å². The highest BCUT2D eigenvalue weighted by Crippen LogP contribution is 2.29. The summed E-state index contributed by atoms with van der Waals surface area (Å²) in [4.78, 5) is 10.7. The molecule has 3 aromatic rings. The van der Waals surface area contributed by atoms with E-state index in [1.54, 1.807) is 24.3 Å². The first-order valence-corrected chi connectivity index (χ1v) is 8.60. The van der Waals surface area contributed by atoms with E-state index in [1.165, 1.54) is 30.3 Å². The Morgan fingerprint density at radius 2 is 1.64 bits per heavy atom. The molecular formula is C17H14N2O5S. The Kier molecular flexibility index (Phi) is 4.07. The summed E-state index contributed by atoms with van der Waals surface area (Å²) in [6, 6.07) is 14.0. The number of nitrogens with two attached hydrogens (primary N) is 1. The zero-order chi connectivity index (χ0) is 18.2. The van der Waals surface area contributed by atoms with Crippen LogP contribution in [0.2, 0.25) is 0 Å². The van der Waals surface area contributed by atoms with Crippen LogP contribution in [-0.2, 0) is 10.1 Å². The first-order valence-electron chi connectivity index (χ1n) is 7.16. The van der Waals surface area contributed by atoms with Crippen molar-refractivity contribution in [1.29, 1.82) is 0 Å². The van der Waals surface area contributed by atoms with E-state index in [0.29, 0.717) is 22.0 Å². The zero-order valence-electron chi connectivity index (χ0n) is 12.8. The molecule has 25 heavy (non-hydrogen) atoms. The molecule has 0 aliphatic carbocycles. The fraction of sp³-hybridized carbons (Fsp3) is 0. The van der Waals surface area contributed by atoms with Crippen molar-refractivity contribution in [2.75, 3.05) is 11.1 Å². The highest BCUT2D eigenvalue weighted by molar-refractivity contribution is 7.86. The minimum absolute atomic E-state index is 0.0157. The molecule has 0 unspecified atom stereocenters. The summed E-state index contributed by atoms with van der Waals surface area (Å²) in [5.41, 5.74) is 7.54. The van der Waals surface area contributed by atoms with Crippen molar-refractivity contribution in [2.24, 2.45) is 0 Å². The lowest BCUT2D eigenvalue weighted by molar-refractivity contribution is 0.103. The van der Waals surface area contributed by atoms with Gasteiger partial charge < -0.3 is 16.2 Å². The Bertz CT molecular complexity index is 1090. The highest BCUT2D eigenvalue weighted by atomic mass is 32.2. The largest absolute Gasteiger partial charge is 0.507 e. The number of fused-ring (bicyclic) bond motifs is 3. The van der Waals surface area contributed by atoms with Crippen LogP contribution in [0.3, 0.4) is 0 Å². The van der Waals surface area contributed by atoms with E-state index in [4.69, 9.17) is 10.3 Å². The number of rotatable bonds is 1. The van der Waals surface area contributed by atoms with Crippen LogP contribution in [0.15, 0.2) is 59.5 Å². The normalized spacial score (nSPS) is 12.4. The lowest BCUT2D eigenvalue weighted by atomic mass is 10.1. The summed E-state index contributed by atoms with van der Waals surface area (Å²) in [6.07, 6.45) is 0. The zero-order valence-corrected chi connectivity index (χ0v) is 13.6. The Balaban J connectivity index is 0.000000157. The van der Waals surface area contributed by atoms with Crippen LogP contribution in [0.4, 0.5) is 11.4 Å². The van der Waals surface area contributed by atoms with E-state index in [0.717, 1.165) is 5.69 Å². The van der Waals surface area contributed by atoms with Gasteiger partial charge in [-0.3, -0.25) is 9.35 Å². The lowest BCUT2D eigenvalue weighted by Gasteiger charge is -2.04. The Morgan fingerprint density at radius 3 is 2.32 bits per heavy atom. The molecule has 4 rings (SSSR count). The third kappa shape index (κ3) is 3.25. The summed E-state index contributed by atoms with van der Waals surface area (Å²) in [5.74, 6) is -0.0790. The second-order valence-corrected chi connectivity index (χ2v) is 6.75. The monoisotopic (exact) mass is 358 g/mol. The van der Waals surface area contributed by atoms with Gasteiger partial charge in [-0.1, -0.05) is 24.3 Å². The van der Waals surface area contributed by atoms with Crippen LogP contribution in [0.1, 0.15) is 10.4 Å². The average Bonchev–Trinajstić information content (AvgIpc) is 2.87. The minimum Gasteiger partial charge on any atom is -0.507 e. The van der Waals surface area contributed by atoms with Gasteiger partial charge in [-0.15, -0.1) is 0 Å². The SMILES string of the molecule is Nc1ccc2cc1NC2=O.O=S(=O)(O)c1cccc2c(O)cccc12. The molecule has 2 bridgehead atoms. The number of nitrogen functional groups attached to an aromatic ring is 1. The van der Waals surface area contributed by atoms with Crippen LogP contribution in [0.5, 0.6) is 5.75 Å². The Hall–Kier alpha value is -3.10. The molecule has 5 N–H and O–H groups in total. The smallest absolute Gasteiger partial charge is 0.295 e. The van der Waals surface area contributed by atoms with Gasteiger partial charge in [0.2, 0.25) is 0 Å². The number of phenols is 1. The van der Waals surface area contributed by atoms with Crippen LogP contribution >= 0.6 is 0 Å². The van der Waals surface area contributed by atoms with Crippen LogP contribution in [0, 0.1) is 0 Å². The number of hydrogen-bond acceptors (Lipinski definition) is 5. The van der Waals surface area contributed by atoms with Gasteiger partial charge >= 0.3 is 0 Å². The molecule has 0 saturated carbocycles. The summed E-state index contributed by atoms with van der Waals surface area (Å²) in [6.45, 7) is 0. The molecule has 1 aliphatic heterocycles. The van der Waals surface area contributed by atoms with E-state index in [2.05, 4.69) is 5.32 Å². The number of amides is 1. The molecule has 0 saturated heterocycles. The van der Waals surface area contributed by atoms with Gasteiger partial charge in [0.1, 0.15) is 10.6 Å². The van der Waals surface area contributed by atoms with Crippen LogP contribution in [0.25, 0.3) is 10.8 Å². The van der Waals surface area contributed by atoms with E-state index in [1.807, 2.05) is 0 Å². The summed E-state index contributed by atoms with van der Waals surface area (Å²) < 4.78 is 31.0. The number of benzene rings is 3. The first-order chi connectivity index (χ1) is 11.8. The maximum atomic E-state index is 11.0. The average molecular weight is 358 g/mol. The molecular weight excluding hydrogens is 344 g/mol. The molecule has 0 atom stereocenters. The third-order valence-electron chi connectivity index (χ3n) is 3.70. The van der Waals surface area contributed by atoms with Gasteiger partial charge in [0.05, 0.1) is 11.4 Å². The second-order valence-electron chi connectivity index (χ2n) is 5.36. The van der Waals surface area contributed by atoms with Crippen molar-refractivity contribution in [3.05, 3.63) is 60.2 Å². The molecule has 3 aromatic carbocycles. The summed E-state index contributed by atoms with van der Waals surface area (Å²) in [7, 11) is -4.26. The van der Waals surface area contributed by atoms with Gasteiger partial charge in [-0.05, 0) is 30.3 Å². The number of phenolic OH excluding ortho intramolecular Hbond substituents is 1. The number of aromatic hydroxyl groups is 1. The van der Waals surface area contributed by atoms with Crippen molar-refractivity contribution >= 4 is 38.2 Å². The number of carbonyl (C=O) groups is 1. The van der Waals surface area contributed by atoms with Crippen molar-refractivity contribution in [2.45, 2.75) is 4.90 Å². The first kappa shape index (κ1) is 16.7. The molecule has 7 nitrogen and oxygen atoms in total. The molecule has 1 heterocycles. The van der Waals surface area contributed by atoms with Crippen molar-refractivity contribution in [3.8, 4) is 5.75 Å². The van der Waals surface area contributed by atoms with E-state index >= 15 is 0 Å². The topological polar surface area (TPSA) is 130 Å². The maximum Gasteiger partial charge on any atom is 0.295 e. The third-order valence-corrected chi connectivity index (χ3v) is 4.61. The molecule has 1 amide bonds. The van der Waals surface area contributed by atoms with Crippen LogP contribution < -0.4 is 11.1 Å². The quantitative estimate of drug-likeness (QED) is 0.391. The molecule has 0 aromatic heterocycles. The predicted octanol–water partition coefficient (Wildman–Crippen LogP) is 2.63.